The van der Waals surface area contributed by atoms with Gasteiger partial charge in [-0.05, 0) is 55.0 Å². The summed E-state index contributed by atoms with van der Waals surface area (Å²) >= 11 is 0. The number of ether oxygens (including phenoxy) is 2. The van der Waals surface area contributed by atoms with Gasteiger partial charge in [-0.15, -0.1) is 0 Å². The van der Waals surface area contributed by atoms with E-state index in [4.69, 9.17) is 15.2 Å². The number of hydrogen-bond donors (Lipinski definition) is 4. The highest BCUT2D eigenvalue weighted by Gasteiger charge is 2.16. The van der Waals surface area contributed by atoms with Crippen LogP contribution >= 0.6 is 0 Å². The summed E-state index contributed by atoms with van der Waals surface area (Å²) in [6, 6.07) is 22.8. The van der Waals surface area contributed by atoms with Crippen molar-refractivity contribution in [3.8, 4) is 28.6 Å². The fourth-order valence-electron chi connectivity index (χ4n) is 4.29. The summed E-state index contributed by atoms with van der Waals surface area (Å²) in [5.74, 6) is 0.579. The van der Waals surface area contributed by atoms with Crippen molar-refractivity contribution < 1.29 is 24.5 Å². The van der Waals surface area contributed by atoms with Crippen LogP contribution in [0.5, 0.6) is 17.2 Å². The van der Waals surface area contributed by atoms with E-state index in [1.54, 1.807) is 32.2 Å². The van der Waals surface area contributed by atoms with E-state index in [9.17, 15) is 19.8 Å². The Kier molecular flexibility index (Phi) is 9.73. The molecule has 41 heavy (non-hydrogen) atoms. The molecular weight excluding hydrogens is 524 g/mol. The van der Waals surface area contributed by atoms with Crippen molar-refractivity contribution >= 4 is 5.91 Å². The van der Waals surface area contributed by atoms with E-state index in [0.717, 1.165) is 11.1 Å². The molecule has 0 spiro atoms. The smallest absolute Gasteiger partial charge is 0.253 e. The number of rotatable bonds is 13. The number of aromatic hydroxyl groups is 1. The van der Waals surface area contributed by atoms with E-state index >= 15 is 0 Å². The van der Waals surface area contributed by atoms with E-state index in [1.165, 1.54) is 22.8 Å². The lowest BCUT2D eigenvalue weighted by molar-refractivity contribution is 0.0992. The molecule has 4 aromatic rings. The number of nitrogens with two attached hydrogens (primary N) is 1. The summed E-state index contributed by atoms with van der Waals surface area (Å²) in [6.07, 6.45) is -0.558. The van der Waals surface area contributed by atoms with Crippen LogP contribution in [0.1, 0.15) is 21.6 Å². The van der Waals surface area contributed by atoms with Gasteiger partial charge < -0.3 is 30.7 Å². The average Bonchev–Trinajstić information content (AvgIpc) is 2.95. The SMILES string of the molecule is Cc1cc(=O)n(C)c(-c2ccc(OCC(O)CNCC(Cc3ccccc3)Oc3ccc(O)c(C(N)=O)c3)cc2)n1. The Morgan fingerprint density at radius 2 is 1.73 bits per heavy atom. The monoisotopic (exact) mass is 558 g/mol. The van der Waals surface area contributed by atoms with Crippen LogP contribution in [0.4, 0.5) is 0 Å². The first-order valence-corrected chi connectivity index (χ1v) is 13.2. The third kappa shape index (κ3) is 8.17. The Bertz CT molecular complexity index is 1520. The Balaban J connectivity index is 1.32. The summed E-state index contributed by atoms with van der Waals surface area (Å²) < 4.78 is 13.4. The Morgan fingerprint density at radius 3 is 2.44 bits per heavy atom. The van der Waals surface area contributed by atoms with Gasteiger partial charge in [-0.1, -0.05) is 30.3 Å². The summed E-state index contributed by atoms with van der Waals surface area (Å²) in [5.41, 5.74) is 7.69. The molecule has 2 atom stereocenters. The summed E-state index contributed by atoms with van der Waals surface area (Å²) in [6.45, 7) is 2.50. The second-order valence-electron chi connectivity index (χ2n) is 9.74. The molecule has 0 bridgehead atoms. The Labute approximate surface area is 238 Å². The van der Waals surface area contributed by atoms with Gasteiger partial charge >= 0.3 is 0 Å². The molecule has 0 saturated heterocycles. The highest BCUT2D eigenvalue weighted by atomic mass is 16.5. The number of aryl methyl sites for hydroxylation is 1. The number of carbonyl (C=O) groups is 1. The van der Waals surface area contributed by atoms with Crippen molar-refractivity contribution in [1.29, 1.82) is 0 Å². The molecule has 5 N–H and O–H groups in total. The van der Waals surface area contributed by atoms with Crippen molar-refractivity contribution in [2.75, 3.05) is 19.7 Å². The van der Waals surface area contributed by atoms with Crippen LogP contribution in [0.15, 0.2) is 83.7 Å². The van der Waals surface area contributed by atoms with Crippen LogP contribution in [0.3, 0.4) is 0 Å². The third-order valence-corrected chi connectivity index (χ3v) is 6.41. The van der Waals surface area contributed by atoms with Crippen LogP contribution in [0.25, 0.3) is 11.4 Å². The highest BCUT2D eigenvalue weighted by Crippen LogP contribution is 2.24. The lowest BCUT2D eigenvalue weighted by Crippen LogP contribution is -2.38. The van der Waals surface area contributed by atoms with E-state index in [1.807, 2.05) is 42.5 Å². The molecule has 1 amide bonds. The second kappa shape index (κ2) is 13.6. The predicted molar refractivity (Wildman–Crippen MR) is 155 cm³/mol. The van der Waals surface area contributed by atoms with Gasteiger partial charge in [0.2, 0.25) is 0 Å². The van der Waals surface area contributed by atoms with Crippen molar-refractivity contribution in [2.45, 2.75) is 25.6 Å². The van der Waals surface area contributed by atoms with E-state index in [-0.39, 0.29) is 36.1 Å². The zero-order valence-corrected chi connectivity index (χ0v) is 23.0. The molecule has 214 valence electrons. The lowest BCUT2D eigenvalue weighted by Gasteiger charge is -2.21. The van der Waals surface area contributed by atoms with Crippen LogP contribution in [0.2, 0.25) is 0 Å². The molecule has 10 nitrogen and oxygen atoms in total. The van der Waals surface area contributed by atoms with Crippen molar-refractivity contribution in [1.82, 2.24) is 14.9 Å². The van der Waals surface area contributed by atoms with Gasteiger partial charge in [0.1, 0.15) is 41.9 Å². The first-order chi connectivity index (χ1) is 19.7. The number of aliphatic hydroxyl groups excluding tert-OH is 1. The molecule has 1 heterocycles. The minimum absolute atomic E-state index is 0.0197. The summed E-state index contributed by atoms with van der Waals surface area (Å²) in [5, 5.41) is 23.6. The standard InChI is InChI=1S/C31H34N4O6/c1-20-14-29(38)35(2)31(34-20)22-8-10-24(11-9-22)40-19-23(36)17-33-18-26(15-21-6-4-3-5-7-21)41-25-12-13-28(37)27(16-25)30(32)39/h3-14,16,23,26,33,36-37H,15,17-19H2,1-2H3,(H2,32,39). The number of benzene rings is 3. The van der Waals surface area contributed by atoms with Gasteiger partial charge in [0.05, 0.1) is 5.56 Å². The zero-order valence-electron chi connectivity index (χ0n) is 23.0. The fourth-order valence-corrected chi connectivity index (χ4v) is 4.29. The zero-order chi connectivity index (χ0) is 29.4. The molecule has 2 unspecified atom stereocenters. The van der Waals surface area contributed by atoms with Gasteiger partial charge in [-0.3, -0.25) is 14.2 Å². The molecule has 0 aliphatic carbocycles. The maximum atomic E-state index is 12.1. The first kappa shape index (κ1) is 29.3. The van der Waals surface area contributed by atoms with Crippen LogP contribution in [-0.4, -0.2) is 57.6 Å². The van der Waals surface area contributed by atoms with E-state index in [0.29, 0.717) is 36.0 Å². The van der Waals surface area contributed by atoms with Crippen LogP contribution in [0, 0.1) is 6.92 Å². The number of amides is 1. The number of aliphatic hydroxyl groups is 1. The molecule has 1 aromatic heterocycles. The number of nitrogens with one attached hydrogen (secondary N) is 1. The van der Waals surface area contributed by atoms with Gasteiger partial charge in [-0.2, -0.15) is 0 Å². The molecule has 0 aliphatic rings. The largest absolute Gasteiger partial charge is 0.507 e. The van der Waals surface area contributed by atoms with E-state index in [2.05, 4.69) is 10.3 Å². The average molecular weight is 559 g/mol. The Morgan fingerprint density at radius 1 is 1.02 bits per heavy atom. The van der Waals surface area contributed by atoms with Gasteiger partial charge in [0, 0.05) is 43.9 Å². The van der Waals surface area contributed by atoms with E-state index < -0.39 is 12.0 Å². The number of aromatic nitrogens is 2. The lowest BCUT2D eigenvalue weighted by atomic mass is 10.1. The normalized spacial score (nSPS) is 12.5. The molecule has 10 heteroatoms. The van der Waals surface area contributed by atoms with Crippen molar-refractivity contribution in [3.63, 3.8) is 0 Å². The number of nitrogens with zero attached hydrogens (tertiary/aromatic N) is 2. The minimum Gasteiger partial charge on any atom is -0.507 e. The number of phenols is 1. The van der Waals surface area contributed by atoms with Gasteiger partial charge in [0.25, 0.3) is 11.5 Å². The number of primary amides is 1. The Hall–Kier alpha value is -4.67. The highest BCUT2D eigenvalue weighted by molar-refractivity contribution is 5.95. The van der Waals surface area contributed by atoms with Crippen molar-refractivity contribution in [2.24, 2.45) is 12.8 Å². The molecule has 4 rings (SSSR count). The third-order valence-electron chi connectivity index (χ3n) is 6.41. The second-order valence-corrected chi connectivity index (χ2v) is 9.74. The summed E-state index contributed by atoms with van der Waals surface area (Å²) in [7, 11) is 1.68. The molecule has 0 aliphatic heterocycles. The predicted octanol–water partition coefficient (Wildman–Crippen LogP) is 2.58. The van der Waals surface area contributed by atoms with Crippen LogP contribution < -0.4 is 26.1 Å². The minimum atomic E-state index is -0.790. The maximum absolute atomic E-state index is 12.1. The fraction of sp³-hybridized carbons (Fsp3) is 0.258. The van der Waals surface area contributed by atoms with Gasteiger partial charge in [0.15, 0.2) is 0 Å². The number of hydrogen-bond acceptors (Lipinski definition) is 8. The molecule has 0 saturated carbocycles. The number of carbonyl (C=O) groups excluding carboxylic acids is 1. The quantitative estimate of drug-likeness (QED) is 0.196. The molecule has 3 aromatic carbocycles. The topological polar surface area (TPSA) is 149 Å². The summed E-state index contributed by atoms with van der Waals surface area (Å²) in [4.78, 5) is 28.1. The maximum Gasteiger partial charge on any atom is 0.253 e. The first-order valence-electron chi connectivity index (χ1n) is 13.2. The van der Waals surface area contributed by atoms with Crippen molar-refractivity contribution in [3.05, 3.63) is 106 Å². The molecule has 0 radical (unpaired) electrons. The molecule has 0 fully saturated rings. The van der Waals surface area contributed by atoms with Crippen LogP contribution in [-0.2, 0) is 13.5 Å². The molecular formula is C31H34N4O6. The van der Waals surface area contributed by atoms with Gasteiger partial charge in [-0.25, -0.2) is 4.98 Å².